The van der Waals surface area contributed by atoms with Crippen LogP contribution in [0.3, 0.4) is 0 Å². The van der Waals surface area contributed by atoms with Crippen molar-refractivity contribution in [3.8, 4) is 0 Å². The van der Waals surface area contributed by atoms with E-state index in [0.717, 1.165) is 0 Å². The van der Waals surface area contributed by atoms with Crippen molar-refractivity contribution in [3.05, 3.63) is 12.3 Å². The highest BCUT2D eigenvalue weighted by Crippen LogP contribution is 2.02. The number of hydrogen-bond donors (Lipinski definition) is 2. The molecule has 0 aromatic rings. The van der Waals surface area contributed by atoms with Gasteiger partial charge in [-0.3, -0.25) is 0 Å². The van der Waals surface area contributed by atoms with Gasteiger partial charge in [-0.25, -0.2) is 5.43 Å². The van der Waals surface area contributed by atoms with Crippen molar-refractivity contribution in [3.63, 3.8) is 0 Å². The Hall–Kier alpha value is -0.540. The molecule has 0 saturated carbocycles. The van der Waals surface area contributed by atoms with Crippen molar-refractivity contribution >= 4 is 0 Å². The highest BCUT2D eigenvalue weighted by molar-refractivity contribution is 4.99. The molecule has 1 aliphatic rings. The van der Waals surface area contributed by atoms with E-state index in [1.807, 2.05) is 24.3 Å². The molecule has 0 amide bonds. The third kappa shape index (κ3) is 1.43. The van der Waals surface area contributed by atoms with Gasteiger partial charge in [-0.15, -0.1) is 0 Å². The molecule has 52 valence electrons. The van der Waals surface area contributed by atoms with Crippen molar-refractivity contribution in [2.45, 2.75) is 19.1 Å². The number of nitrogens with zero attached hydrogens (tertiary/aromatic N) is 1. The largest absolute Gasteiger partial charge is 0.391 e. The Morgan fingerprint density at radius 1 is 1.78 bits per heavy atom. The summed E-state index contributed by atoms with van der Waals surface area (Å²) >= 11 is 0. The molecule has 1 aliphatic heterocycles. The Morgan fingerprint density at radius 3 is 2.67 bits per heavy atom. The van der Waals surface area contributed by atoms with Crippen LogP contribution in [0.1, 0.15) is 6.92 Å². The van der Waals surface area contributed by atoms with Gasteiger partial charge in [-0.2, -0.15) is 0 Å². The lowest BCUT2D eigenvalue weighted by Gasteiger charge is -2.16. The summed E-state index contributed by atoms with van der Waals surface area (Å²) in [5.74, 6) is 0. The average Bonchev–Trinajstić information content (AvgIpc) is 2.14. The zero-order valence-corrected chi connectivity index (χ0v) is 5.70. The zero-order valence-electron chi connectivity index (χ0n) is 5.70. The van der Waals surface area contributed by atoms with E-state index in [-0.39, 0.29) is 12.1 Å². The van der Waals surface area contributed by atoms with Crippen LogP contribution in [0.15, 0.2) is 12.3 Å². The van der Waals surface area contributed by atoms with Gasteiger partial charge in [0.05, 0.1) is 12.1 Å². The summed E-state index contributed by atoms with van der Waals surface area (Å²) in [4.78, 5) is 0. The van der Waals surface area contributed by atoms with Crippen molar-refractivity contribution < 1.29 is 5.11 Å². The van der Waals surface area contributed by atoms with Gasteiger partial charge in [0.2, 0.25) is 0 Å². The Labute approximate surface area is 54.9 Å². The van der Waals surface area contributed by atoms with E-state index < -0.39 is 0 Å². The Kier molecular flexibility index (Phi) is 1.73. The first-order valence-corrected chi connectivity index (χ1v) is 3.05. The quantitative estimate of drug-likeness (QED) is 0.509. The van der Waals surface area contributed by atoms with Gasteiger partial charge < -0.3 is 10.1 Å². The average molecular weight is 128 g/mol. The molecule has 0 bridgehead atoms. The predicted octanol–water partition coefficient (Wildman–Crippen LogP) is -0.300. The van der Waals surface area contributed by atoms with Crippen LogP contribution in [0, 0.1) is 0 Å². The standard InChI is InChI=1S/C6H12N2O/c1-5(9)6-3-4-8(2)7-6/h3-7,9H,1-2H3. The molecule has 9 heavy (non-hydrogen) atoms. The molecule has 2 unspecified atom stereocenters. The molecule has 0 radical (unpaired) electrons. The minimum Gasteiger partial charge on any atom is -0.391 e. The fourth-order valence-electron chi connectivity index (χ4n) is 0.812. The zero-order chi connectivity index (χ0) is 6.85. The van der Waals surface area contributed by atoms with E-state index in [2.05, 4.69) is 5.43 Å². The van der Waals surface area contributed by atoms with Crippen molar-refractivity contribution in [2.75, 3.05) is 7.05 Å². The number of hydrogen-bond acceptors (Lipinski definition) is 3. The molecule has 3 heteroatoms. The summed E-state index contributed by atoms with van der Waals surface area (Å²) in [7, 11) is 1.90. The van der Waals surface area contributed by atoms with Crippen LogP contribution in [0.2, 0.25) is 0 Å². The third-order valence-corrected chi connectivity index (χ3v) is 1.39. The van der Waals surface area contributed by atoms with Crippen LogP contribution in [-0.2, 0) is 0 Å². The summed E-state index contributed by atoms with van der Waals surface area (Å²) < 4.78 is 0. The van der Waals surface area contributed by atoms with E-state index in [1.165, 1.54) is 0 Å². The van der Waals surface area contributed by atoms with Gasteiger partial charge in [0.1, 0.15) is 0 Å². The predicted molar refractivity (Wildman–Crippen MR) is 35.5 cm³/mol. The second-order valence-electron chi connectivity index (χ2n) is 2.35. The lowest BCUT2D eigenvalue weighted by atomic mass is 10.2. The minimum atomic E-state index is -0.314. The topological polar surface area (TPSA) is 35.5 Å². The van der Waals surface area contributed by atoms with E-state index in [9.17, 15) is 0 Å². The van der Waals surface area contributed by atoms with Crippen molar-refractivity contribution in [1.29, 1.82) is 0 Å². The summed E-state index contributed by atoms with van der Waals surface area (Å²) in [5, 5.41) is 10.9. The van der Waals surface area contributed by atoms with Gasteiger partial charge >= 0.3 is 0 Å². The molecule has 1 heterocycles. The molecule has 1 rings (SSSR count). The van der Waals surface area contributed by atoms with Crippen LogP contribution < -0.4 is 5.43 Å². The first-order valence-electron chi connectivity index (χ1n) is 3.05. The van der Waals surface area contributed by atoms with E-state index in [4.69, 9.17) is 5.11 Å². The SMILES string of the molecule is CC(O)C1C=CN(C)N1. The van der Waals surface area contributed by atoms with Crippen LogP contribution in [0.25, 0.3) is 0 Å². The van der Waals surface area contributed by atoms with E-state index >= 15 is 0 Å². The summed E-state index contributed by atoms with van der Waals surface area (Å²) in [6.45, 7) is 1.77. The second-order valence-corrected chi connectivity index (χ2v) is 2.35. The van der Waals surface area contributed by atoms with E-state index in [1.54, 1.807) is 6.92 Å². The van der Waals surface area contributed by atoms with Crippen LogP contribution in [0.5, 0.6) is 0 Å². The maximum Gasteiger partial charge on any atom is 0.0719 e. The minimum absolute atomic E-state index is 0.0926. The van der Waals surface area contributed by atoms with E-state index in [0.29, 0.717) is 0 Å². The molecule has 2 atom stereocenters. The third-order valence-electron chi connectivity index (χ3n) is 1.39. The van der Waals surface area contributed by atoms with Gasteiger partial charge in [-0.05, 0) is 13.0 Å². The molecule has 2 N–H and O–H groups in total. The summed E-state index contributed by atoms with van der Waals surface area (Å²) in [6, 6.07) is 0.0926. The molecule has 0 aliphatic carbocycles. The molecule has 0 aromatic carbocycles. The fourth-order valence-corrected chi connectivity index (χ4v) is 0.812. The fraction of sp³-hybridized carbons (Fsp3) is 0.667. The Balaban J connectivity index is 2.41. The monoisotopic (exact) mass is 128 g/mol. The van der Waals surface area contributed by atoms with Crippen molar-refractivity contribution in [2.24, 2.45) is 0 Å². The lowest BCUT2D eigenvalue weighted by molar-refractivity contribution is 0.143. The number of aliphatic hydroxyl groups is 1. The number of nitrogens with one attached hydrogen (secondary N) is 1. The molecule has 0 fully saturated rings. The van der Waals surface area contributed by atoms with Crippen LogP contribution in [0.4, 0.5) is 0 Å². The Morgan fingerprint density at radius 2 is 2.44 bits per heavy atom. The maximum absolute atomic E-state index is 9.03. The highest BCUT2D eigenvalue weighted by atomic mass is 16.3. The number of hydrazine groups is 1. The molecule has 0 spiro atoms. The van der Waals surface area contributed by atoms with Gasteiger partial charge in [0.25, 0.3) is 0 Å². The lowest BCUT2D eigenvalue weighted by Crippen LogP contribution is -2.38. The van der Waals surface area contributed by atoms with Crippen LogP contribution >= 0.6 is 0 Å². The molecular formula is C6H12N2O. The molecule has 0 aromatic heterocycles. The van der Waals surface area contributed by atoms with Crippen LogP contribution in [-0.4, -0.2) is 29.3 Å². The second kappa shape index (κ2) is 2.37. The first-order chi connectivity index (χ1) is 4.20. The number of aliphatic hydroxyl groups excluding tert-OH is 1. The Bertz CT molecular complexity index is 122. The highest BCUT2D eigenvalue weighted by Gasteiger charge is 2.15. The normalized spacial score (nSPS) is 29.2. The summed E-state index contributed by atoms with van der Waals surface area (Å²) in [6.07, 6.45) is 3.52. The van der Waals surface area contributed by atoms with Crippen molar-refractivity contribution in [1.82, 2.24) is 10.4 Å². The van der Waals surface area contributed by atoms with Gasteiger partial charge in [0.15, 0.2) is 0 Å². The molecule has 0 saturated heterocycles. The molecule has 3 nitrogen and oxygen atoms in total. The maximum atomic E-state index is 9.03. The summed E-state index contributed by atoms with van der Waals surface area (Å²) in [5.41, 5.74) is 3.03. The van der Waals surface area contributed by atoms with Gasteiger partial charge in [0, 0.05) is 13.2 Å². The number of rotatable bonds is 1. The smallest absolute Gasteiger partial charge is 0.0719 e. The molecular weight excluding hydrogens is 116 g/mol. The first kappa shape index (κ1) is 6.58. The van der Waals surface area contributed by atoms with Gasteiger partial charge in [-0.1, -0.05) is 0 Å².